The van der Waals surface area contributed by atoms with Crippen LogP contribution in [0.3, 0.4) is 0 Å². The molecule has 3 rings (SSSR count). The molecule has 3 nitrogen and oxygen atoms in total. The smallest absolute Gasteiger partial charge is 0.0551 e. The van der Waals surface area contributed by atoms with Crippen LogP contribution in [-0.2, 0) is 6.54 Å². The third-order valence-electron chi connectivity index (χ3n) is 2.70. The van der Waals surface area contributed by atoms with Crippen LogP contribution < -0.4 is 5.32 Å². The van der Waals surface area contributed by atoms with Gasteiger partial charge in [-0.15, -0.1) is 0 Å². The van der Waals surface area contributed by atoms with Crippen molar-refractivity contribution >= 4 is 16.6 Å². The molecule has 0 spiro atoms. The maximum Gasteiger partial charge on any atom is 0.0551 e. The predicted molar refractivity (Wildman–Crippen MR) is 66.4 cm³/mol. The van der Waals surface area contributed by atoms with E-state index < -0.39 is 0 Å². The highest BCUT2D eigenvalue weighted by Gasteiger charge is 1.97. The summed E-state index contributed by atoms with van der Waals surface area (Å²) in [5.74, 6) is 0. The average molecular weight is 211 g/mol. The summed E-state index contributed by atoms with van der Waals surface area (Å²) in [6.45, 7) is 0.822. The quantitative estimate of drug-likeness (QED) is 0.612. The van der Waals surface area contributed by atoms with Gasteiger partial charge in [0.25, 0.3) is 0 Å². The second-order valence-electron chi connectivity index (χ2n) is 3.83. The van der Waals surface area contributed by atoms with Gasteiger partial charge in [0.2, 0.25) is 0 Å². The Morgan fingerprint density at radius 1 is 1.00 bits per heavy atom. The van der Waals surface area contributed by atoms with Crippen molar-refractivity contribution in [2.24, 2.45) is 0 Å². The van der Waals surface area contributed by atoms with Crippen molar-refractivity contribution in [2.45, 2.75) is 6.54 Å². The van der Waals surface area contributed by atoms with Crippen molar-refractivity contribution in [3.05, 3.63) is 54.5 Å². The van der Waals surface area contributed by atoms with Gasteiger partial charge in [0.15, 0.2) is 0 Å². The molecule has 0 atom stereocenters. The van der Waals surface area contributed by atoms with Crippen molar-refractivity contribution in [3.8, 4) is 0 Å². The molecule has 2 aromatic heterocycles. The number of hydrogen-bond acceptors (Lipinski definition) is 1. The van der Waals surface area contributed by atoms with Crippen LogP contribution in [0.25, 0.3) is 10.9 Å². The summed E-state index contributed by atoms with van der Waals surface area (Å²) in [5.41, 5.74) is 3.50. The third-order valence-corrected chi connectivity index (χ3v) is 2.70. The summed E-state index contributed by atoms with van der Waals surface area (Å²) in [5, 5.41) is 4.62. The van der Waals surface area contributed by atoms with Gasteiger partial charge in [-0.1, -0.05) is 0 Å². The largest absolute Gasteiger partial charge is 0.379 e. The van der Waals surface area contributed by atoms with E-state index in [1.54, 1.807) is 0 Å². The molecule has 1 aromatic carbocycles. The Morgan fingerprint density at radius 2 is 2.00 bits per heavy atom. The molecule has 3 N–H and O–H groups in total. The summed E-state index contributed by atoms with van der Waals surface area (Å²) in [6, 6.07) is 12.5. The Balaban J connectivity index is 1.78. The number of rotatable bonds is 3. The lowest BCUT2D eigenvalue weighted by Gasteiger charge is -2.04. The molecule has 0 aliphatic rings. The number of benzene rings is 1. The van der Waals surface area contributed by atoms with Crippen LogP contribution in [-0.4, -0.2) is 9.97 Å². The van der Waals surface area contributed by atoms with Gasteiger partial charge >= 0.3 is 0 Å². The predicted octanol–water partition coefficient (Wildman–Crippen LogP) is 3.11. The molecule has 80 valence electrons. The molecule has 0 saturated carbocycles. The molecule has 3 heteroatoms. The molecule has 0 aliphatic heterocycles. The molecule has 0 saturated heterocycles. The minimum atomic E-state index is 0.822. The molecule has 0 unspecified atom stereocenters. The zero-order valence-corrected chi connectivity index (χ0v) is 8.83. The van der Waals surface area contributed by atoms with Crippen molar-refractivity contribution < 1.29 is 0 Å². The molecule has 16 heavy (non-hydrogen) atoms. The van der Waals surface area contributed by atoms with Gasteiger partial charge in [-0.25, -0.2) is 0 Å². The Kier molecular flexibility index (Phi) is 2.14. The van der Waals surface area contributed by atoms with Crippen molar-refractivity contribution in [1.29, 1.82) is 0 Å². The second kappa shape index (κ2) is 3.77. The van der Waals surface area contributed by atoms with Gasteiger partial charge in [0, 0.05) is 34.7 Å². The van der Waals surface area contributed by atoms with Crippen LogP contribution >= 0.6 is 0 Å². The summed E-state index contributed by atoms with van der Waals surface area (Å²) < 4.78 is 0. The lowest BCUT2D eigenvalue weighted by Crippen LogP contribution is -1.98. The zero-order chi connectivity index (χ0) is 10.8. The van der Waals surface area contributed by atoms with E-state index in [1.165, 1.54) is 16.6 Å². The van der Waals surface area contributed by atoms with Crippen LogP contribution in [0.1, 0.15) is 5.69 Å². The molecule has 0 bridgehead atoms. The number of aromatic nitrogens is 2. The van der Waals surface area contributed by atoms with Crippen LogP contribution in [0, 0.1) is 0 Å². The Hall–Kier alpha value is -2.16. The molecular formula is C13H13N3. The lowest BCUT2D eigenvalue weighted by molar-refractivity contribution is 1.07. The van der Waals surface area contributed by atoms with Gasteiger partial charge in [-0.05, 0) is 36.4 Å². The summed E-state index contributed by atoms with van der Waals surface area (Å²) in [7, 11) is 0. The second-order valence-corrected chi connectivity index (χ2v) is 3.83. The maximum absolute atomic E-state index is 3.38. The first kappa shape index (κ1) is 9.09. The number of aromatic amines is 2. The number of nitrogens with one attached hydrogen (secondary N) is 3. The van der Waals surface area contributed by atoms with Crippen molar-refractivity contribution in [2.75, 3.05) is 5.32 Å². The van der Waals surface area contributed by atoms with Gasteiger partial charge in [0.05, 0.1) is 6.54 Å². The van der Waals surface area contributed by atoms with Crippen molar-refractivity contribution in [1.82, 2.24) is 9.97 Å². The Labute approximate surface area is 93.5 Å². The van der Waals surface area contributed by atoms with Gasteiger partial charge < -0.3 is 15.3 Å². The highest BCUT2D eigenvalue weighted by atomic mass is 14.9. The summed E-state index contributed by atoms with van der Waals surface area (Å²) >= 11 is 0. The first-order valence-electron chi connectivity index (χ1n) is 5.35. The van der Waals surface area contributed by atoms with Crippen molar-refractivity contribution in [3.63, 3.8) is 0 Å². The Bertz CT molecular complexity index is 578. The van der Waals surface area contributed by atoms with Gasteiger partial charge in [-0.2, -0.15) is 0 Å². The van der Waals surface area contributed by atoms with E-state index in [0.29, 0.717) is 0 Å². The van der Waals surface area contributed by atoms with Crippen LogP contribution in [0.15, 0.2) is 48.8 Å². The fraction of sp³-hybridized carbons (Fsp3) is 0.0769. The maximum atomic E-state index is 3.38. The number of hydrogen-bond donors (Lipinski definition) is 3. The first-order valence-corrected chi connectivity index (χ1v) is 5.35. The van der Waals surface area contributed by atoms with E-state index in [4.69, 9.17) is 0 Å². The third kappa shape index (κ3) is 1.67. The number of H-pyrrole nitrogens is 2. The van der Waals surface area contributed by atoms with E-state index in [9.17, 15) is 0 Å². The molecular weight excluding hydrogens is 198 g/mol. The Morgan fingerprint density at radius 3 is 2.88 bits per heavy atom. The highest BCUT2D eigenvalue weighted by Crippen LogP contribution is 2.18. The van der Waals surface area contributed by atoms with E-state index in [0.717, 1.165) is 12.2 Å². The SMILES string of the molecule is c1c[nH]c(CNc2ccc3[nH]ccc3c2)c1. The summed E-state index contributed by atoms with van der Waals surface area (Å²) in [6.07, 6.45) is 3.89. The lowest BCUT2D eigenvalue weighted by atomic mass is 10.2. The number of anilines is 1. The normalized spacial score (nSPS) is 10.8. The highest BCUT2D eigenvalue weighted by molar-refractivity contribution is 5.82. The van der Waals surface area contributed by atoms with E-state index in [-0.39, 0.29) is 0 Å². The molecule has 0 aliphatic carbocycles. The topological polar surface area (TPSA) is 43.6 Å². The molecule has 0 fully saturated rings. The standard InChI is InChI=1S/C13H13N3/c1-2-12(14-6-1)9-16-11-3-4-13-10(8-11)5-7-15-13/h1-8,14-16H,9H2. The van der Waals surface area contributed by atoms with E-state index in [2.05, 4.69) is 45.6 Å². The molecule has 3 aromatic rings. The summed E-state index contributed by atoms with van der Waals surface area (Å²) in [4.78, 5) is 6.35. The van der Waals surface area contributed by atoms with Gasteiger partial charge in [0.1, 0.15) is 0 Å². The number of fused-ring (bicyclic) bond motifs is 1. The average Bonchev–Trinajstić information content (AvgIpc) is 2.97. The minimum Gasteiger partial charge on any atom is -0.379 e. The molecule has 0 radical (unpaired) electrons. The van der Waals surface area contributed by atoms with Crippen LogP contribution in [0.5, 0.6) is 0 Å². The minimum absolute atomic E-state index is 0.822. The van der Waals surface area contributed by atoms with Crippen LogP contribution in [0.4, 0.5) is 5.69 Å². The molecule has 0 amide bonds. The fourth-order valence-electron chi connectivity index (χ4n) is 1.84. The van der Waals surface area contributed by atoms with Gasteiger partial charge in [-0.3, -0.25) is 0 Å². The first-order chi connectivity index (χ1) is 7.92. The van der Waals surface area contributed by atoms with E-state index >= 15 is 0 Å². The van der Waals surface area contributed by atoms with Crippen LogP contribution in [0.2, 0.25) is 0 Å². The fourth-order valence-corrected chi connectivity index (χ4v) is 1.84. The molecule has 2 heterocycles. The zero-order valence-electron chi connectivity index (χ0n) is 8.83. The monoisotopic (exact) mass is 211 g/mol. The van der Waals surface area contributed by atoms with E-state index in [1.807, 2.05) is 18.5 Å².